The highest BCUT2D eigenvalue weighted by molar-refractivity contribution is 6.04. The Morgan fingerprint density at radius 3 is 2.50 bits per heavy atom. The number of nitrogens with zero attached hydrogens (tertiary/aromatic N) is 1. The van der Waals surface area contributed by atoms with E-state index in [4.69, 9.17) is 0 Å². The first-order chi connectivity index (χ1) is 11.3. The van der Waals surface area contributed by atoms with Crippen LogP contribution in [-0.4, -0.2) is 30.7 Å². The molecule has 0 saturated carbocycles. The van der Waals surface area contributed by atoms with Crippen LogP contribution in [0, 0.1) is 5.41 Å². The lowest BCUT2D eigenvalue weighted by Crippen LogP contribution is -2.21. The van der Waals surface area contributed by atoms with E-state index in [2.05, 4.69) is 5.32 Å². The maximum atomic E-state index is 12.3. The summed E-state index contributed by atoms with van der Waals surface area (Å²) in [6.07, 6.45) is 0.760. The van der Waals surface area contributed by atoms with Gasteiger partial charge in [-0.05, 0) is 48.4 Å². The second-order valence-corrected chi connectivity index (χ2v) is 7.17. The number of amides is 1. The zero-order valence-electron chi connectivity index (χ0n) is 14.5. The number of ketones is 1. The van der Waals surface area contributed by atoms with Gasteiger partial charge in [0.1, 0.15) is 0 Å². The predicted molar refractivity (Wildman–Crippen MR) is 96.0 cm³/mol. The van der Waals surface area contributed by atoms with Crippen LogP contribution in [0.4, 0.5) is 11.4 Å². The molecule has 1 amide bonds. The number of benzene rings is 2. The smallest absolute Gasteiger partial charge is 0.253 e. The molecule has 1 aliphatic rings. The van der Waals surface area contributed by atoms with E-state index in [1.54, 1.807) is 25.1 Å². The van der Waals surface area contributed by atoms with E-state index in [1.807, 2.05) is 50.2 Å². The normalized spacial score (nSPS) is 15.1. The monoisotopic (exact) mass is 322 g/mol. The standard InChI is InChI=1S/C20H22N2O2/c1-20(2)12-14-11-16(8-9-17(14)18(20)23)21-15-7-5-6-13(10-15)19(24)22(3)4/h5-11,21H,12H2,1-4H3. The summed E-state index contributed by atoms with van der Waals surface area (Å²) in [7, 11) is 3.48. The summed E-state index contributed by atoms with van der Waals surface area (Å²) in [4.78, 5) is 25.9. The van der Waals surface area contributed by atoms with Gasteiger partial charge < -0.3 is 10.2 Å². The third-order valence-corrected chi connectivity index (χ3v) is 4.40. The number of carbonyl (C=O) groups is 2. The van der Waals surface area contributed by atoms with Gasteiger partial charge >= 0.3 is 0 Å². The van der Waals surface area contributed by atoms with Crippen molar-refractivity contribution in [2.75, 3.05) is 19.4 Å². The number of anilines is 2. The summed E-state index contributed by atoms with van der Waals surface area (Å²) in [6.45, 7) is 3.97. The van der Waals surface area contributed by atoms with Gasteiger partial charge in [0.25, 0.3) is 5.91 Å². The van der Waals surface area contributed by atoms with Gasteiger partial charge in [-0.25, -0.2) is 0 Å². The minimum Gasteiger partial charge on any atom is -0.355 e. The predicted octanol–water partition coefficient (Wildman–Crippen LogP) is 3.90. The fourth-order valence-electron chi connectivity index (χ4n) is 3.12. The number of nitrogens with one attached hydrogen (secondary N) is 1. The third kappa shape index (κ3) is 2.92. The molecule has 4 nitrogen and oxygen atoms in total. The summed E-state index contributed by atoms with van der Waals surface area (Å²) in [5, 5.41) is 3.33. The zero-order valence-corrected chi connectivity index (χ0v) is 14.5. The van der Waals surface area contributed by atoms with Gasteiger partial charge in [-0.1, -0.05) is 19.9 Å². The molecule has 0 heterocycles. The Morgan fingerprint density at radius 1 is 1.08 bits per heavy atom. The molecular formula is C20H22N2O2. The molecule has 24 heavy (non-hydrogen) atoms. The number of rotatable bonds is 3. The Labute approximate surface area is 142 Å². The largest absolute Gasteiger partial charge is 0.355 e. The van der Waals surface area contributed by atoms with Crippen LogP contribution in [0.5, 0.6) is 0 Å². The van der Waals surface area contributed by atoms with Crippen molar-refractivity contribution in [3.05, 3.63) is 59.2 Å². The molecule has 3 rings (SSSR count). The van der Waals surface area contributed by atoms with Gasteiger partial charge in [0.05, 0.1) is 0 Å². The lowest BCUT2D eigenvalue weighted by atomic mass is 9.89. The van der Waals surface area contributed by atoms with Crippen molar-refractivity contribution in [3.8, 4) is 0 Å². The summed E-state index contributed by atoms with van der Waals surface area (Å²) in [5.41, 5.74) is 4.00. The average molecular weight is 322 g/mol. The lowest BCUT2D eigenvalue weighted by molar-refractivity contribution is 0.0826. The van der Waals surface area contributed by atoms with Crippen molar-refractivity contribution in [2.45, 2.75) is 20.3 Å². The number of hydrogen-bond donors (Lipinski definition) is 1. The molecule has 124 valence electrons. The van der Waals surface area contributed by atoms with E-state index in [9.17, 15) is 9.59 Å². The summed E-state index contributed by atoms with van der Waals surface area (Å²) in [6, 6.07) is 13.3. The number of Topliss-reactive ketones (excluding diaryl/α,β-unsaturated/α-hetero) is 1. The molecular weight excluding hydrogens is 300 g/mol. The Balaban J connectivity index is 1.85. The van der Waals surface area contributed by atoms with E-state index in [0.717, 1.165) is 28.9 Å². The molecule has 0 saturated heterocycles. The van der Waals surface area contributed by atoms with E-state index >= 15 is 0 Å². The fourth-order valence-corrected chi connectivity index (χ4v) is 3.12. The molecule has 0 bridgehead atoms. The van der Waals surface area contributed by atoms with Crippen LogP contribution >= 0.6 is 0 Å². The van der Waals surface area contributed by atoms with Gasteiger partial charge in [-0.15, -0.1) is 0 Å². The van der Waals surface area contributed by atoms with E-state index in [0.29, 0.717) is 5.56 Å². The zero-order chi connectivity index (χ0) is 17.5. The first kappa shape index (κ1) is 16.2. The highest BCUT2D eigenvalue weighted by atomic mass is 16.2. The summed E-state index contributed by atoms with van der Waals surface area (Å²) < 4.78 is 0. The van der Waals surface area contributed by atoms with Gasteiger partial charge in [0.15, 0.2) is 5.78 Å². The average Bonchev–Trinajstić information content (AvgIpc) is 2.76. The molecule has 0 unspecified atom stereocenters. The second kappa shape index (κ2) is 5.78. The maximum absolute atomic E-state index is 12.3. The highest BCUT2D eigenvalue weighted by Gasteiger charge is 2.37. The molecule has 0 aromatic heterocycles. The highest BCUT2D eigenvalue weighted by Crippen LogP contribution is 2.37. The third-order valence-electron chi connectivity index (χ3n) is 4.40. The summed E-state index contributed by atoms with van der Waals surface area (Å²) >= 11 is 0. The molecule has 2 aromatic rings. The molecule has 0 spiro atoms. The van der Waals surface area contributed by atoms with Gasteiger partial charge in [-0.2, -0.15) is 0 Å². The second-order valence-electron chi connectivity index (χ2n) is 7.17. The number of hydrogen-bond acceptors (Lipinski definition) is 3. The van der Waals surface area contributed by atoms with Crippen LogP contribution in [-0.2, 0) is 6.42 Å². The molecule has 0 atom stereocenters. The van der Waals surface area contributed by atoms with Crippen LogP contribution < -0.4 is 5.32 Å². The van der Waals surface area contributed by atoms with Crippen LogP contribution in [0.15, 0.2) is 42.5 Å². The van der Waals surface area contributed by atoms with E-state index < -0.39 is 0 Å². The Kier molecular flexibility index (Phi) is 3.91. The van der Waals surface area contributed by atoms with E-state index in [1.165, 1.54) is 0 Å². The Hall–Kier alpha value is -2.62. The van der Waals surface area contributed by atoms with E-state index in [-0.39, 0.29) is 17.1 Å². The SMILES string of the molecule is CN(C)C(=O)c1cccc(Nc2ccc3c(c2)CC(C)(C)C3=O)c1. The van der Waals surface area contributed by atoms with Crippen molar-refractivity contribution in [3.63, 3.8) is 0 Å². The van der Waals surface area contributed by atoms with Crippen molar-refractivity contribution in [1.82, 2.24) is 4.90 Å². The number of fused-ring (bicyclic) bond motifs is 1. The van der Waals surface area contributed by atoms with Crippen LogP contribution in [0.2, 0.25) is 0 Å². The van der Waals surface area contributed by atoms with Gasteiger partial charge in [0, 0.05) is 42.0 Å². The molecule has 4 heteroatoms. The van der Waals surface area contributed by atoms with Crippen molar-refractivity contribution in [1.29, 1.82) is 0 Å². The van der Waals surface area contributed by atoms with Crippen molar-refractivity contribution >= 4 is 23.1 Å². The minimum atomic E-state index is -0.320. The minimum absolute atomic E-state index is 0.0278. The summed E-state index contributed by atoms with van der Waals surface area (Å²) in [5.74, 6) is 0.183. The maximum Gasteiger partial charge on any atom is 0.253 e. The Bertz CT molecular complexity index is 822. The quantitative estimate of drug-likeness (QED) is 0.932. The van der Waals surface area contributed by atoms with Crippen molar-refractivity contribution < 1.29 is 9.59 Å². The molecule has 0 fully saturated rings. The molecule has 0 aliphatic heterocycles. The molecule has 1 aliphatic carbocycles. The molecule has 0 radical (unpaired) electrons. The first-order valence-electron chi connectivity index (χ1n) is 8.04. The van der Waals surface area contributed by atoms with Gasteiger partial charge in [-0.3, -0.25) is 9.59 Å². The van der Waals surface area contributed by atoms with Crippen molar-refractivity contribution in [2.24, 2.45) is 5.41 Å². The van der Waals surface area contributed by atoms with Gasteiger partial charge in [0.2, 0.25) is 0 Å². The van der Waals surface area contributed by atoms with Crippen LogP contribution in [0.3, 0.4) is 0 Å². The van der Waals surface area contributed by atoms with Crippen LogP contribution in [0.1, 0.15) is 40.1 Å². The fraction of sp³-hybridized carbons (Fsp3) is 0.300. The number of carbonyl (C=O) groups excluding carboxylic acids is 2. The molecule has 2 aromatic carbocycles. The topological polar surface area (TPSA) is 49.4 Å². The Morgan fingerprint density at radius 2 is 1.79 bits per heavy atom. The first-order valence-corrected chi connectivity index (χ1v) is 8.04. The lowest BCUT2D eigenvalue weighted by Gasteiger charge is -2.13. The van der Waals surface area contributed by atoms with Crippen LogP contribution in [0.25, 0.3) is 0 Å². The molecule has 1 N–H and O–H groups in total.